The lowest BCUT2D eigenvalue weighted by Crippen LogP contribution is -2.00. The third-order valence-corrected chi connectivity index (χ3v) is 8.59. The maximum atomic E-state index is 4.91. The minimum Gasteiger partial charge on any atom is -0.309 e. The van der Waals surface area contributed by atoms with E-state index in [0.29, 0.717) is 17.5 Å². The van der Waals surface area contributed by atoms with E-state index >= 15 is 0 Å². The fourth-order valence-corrected chi connectivity index (χ4v) is 6.46. The zero-order valence-electron chi connectivity index (χ0n) is 24.3. The van der Waals surface area contributed by atoms with Crippen molar-refractivity contribution >= 4 is 32.6 Å². The molecule has 210 valence electrons. The molecule has 0 aliphatic rings. The van der Waals surface area contributed by atoms with Crippen LogP contribution in [0.25, 0.3) is 83.6 Å². The SMILES string of the molecule is c1ccc(-c2nc(-c3ccccc3)nc(-c3ccc(-c4cc5ccc6cccc7c6c5c(c4)n7-c4ccccc4)cc3)n2)cc1. The zero-order chi connectivity index (χ0) is 29.7. The Morgan fingerprint density at radius 1 is 0.333 bits per heavy atom. The molecule has 0 atom stereocenters. The van der Waals surface area contributed by atoms with Crippen molar-refractivity contribution in [3.8, 4) is 51.0 Å². The third kappa shape index (κ3) is 4.27. The van der Waals surface area contributed by atoms with Crippen molar-refractivity contribution in [3.63, 3.8) is 0 Å². The summed E-state index contributed by atoms with van der Waals surface area (Å²) in [6, 6.07) is 55.1. The van der Waals surface area contributed by atoms with Gasteiger partial charge in [-0.1, -0.05) is 127 Å². The first-order chi connectivity index (χ1) is 22.3. The van der Waals surface area contributed by atoms with Crippen LogP contribution < -0.4 is 0 Å². The quantitative estimate of drug-likeness (QED) is 0.192. The highest BCUT2D eigenvalue weighted by molar-refractivity contribution is 6.25. The fourth-order valence-electron chi connectivity index (χ4n) is 6.46. The number of hydrogen-bond donors (Lipinski definition) is 0. The fraction of sp³-hybridized carbons (Fsp3) is 0. The first-order valence-corrected chi connectivity index (χ1v) is 15.1. The molecule has 0 bridgehead atoms. The van der Waals surface area contributed by atoms with Crippen molar-refractivity contribution in [1.82, 2.24) is 19.5 Å². The molecule has 2 aromatic heterocycles. The number of rotatable bonds is 5. The van der Waals surface area contributed by atoms with E-state index in [-0.39, 0.29) is 0 Å². The molecule has 0 fully saturated rings. The second-order valence-corrected chi connectivity index (χ2v) is 11.3. The van der Waals surface area contributed by atoms with Gasteiger partial charge in [-0.2, -0.15) is 0 Å². The van der Waals surface area contributed by atoms with E-state index in [2.05, 4.69) is 102 Å². The molecule has 4 heteroatoms. The number of nitrogens with zero attached hydrogens (tertiary/aromatic N) is 4. The molecular weight excluding hydrogens is 548 g/mol. The number of benzene rings is 7. The van der Waals surface area contributed by atoms with Crippen molar-refractivity contribution in [3.05, 3.63) is 158 Å². The highest BCUT2D eigenvalue weighted by Gasteiger charge is 2.18. The van der Waals surface area contributed by atoms with Gasteiger partial charge in [0.05, 0.1) is 11.0 Å². The first-order valence-electron chi connectivity index (χ1n) is 15.1. The van der Waals surface area contributed by atoms with E-state index in [1.54, 1.807) is 0 Å². The minimum atomic E-state index is 0.652. The Morgan fingerprint density at radius 3 is 1.47 bits per heavy atom. The normalized spacial score (nSPS) is 11.6. The molecule has 45 heavy (non-hydrogen) atoms. The minimum absolute atomic E-state index is 0.652. The highest BCUT2D eigenvalue weighted by Crippen LogP contribution is 2.41. The molecular formula is C41H26N4. The molecule has 0 aliphatic carbocycles. The smallest absolute Gasteiger partial charge is 0.164 e. The van der Waals surface area contributed by atoms with Gasteiger partial charge in [0.2, 0.25) is 0 Å². The zero-order valence-corrected chi connectivity index (χ0v) is 24.3. The summed E-state index contributed by atoms with van der Waals surface area (Å²) in [6.45, 7) is 0. The van der Waals surface area contributed by atoms with E-state index in [9.17, 15) is 0 Å². The van der Waals surface area contributed by atoms with Gasteiger partial charge < -0.3 is 4.57 Å². The van der Waals surface area contributed by atoms with Crippen molar-refractivity contribution < 1.29 is 0 Å². The Bertz CT molecular complexity index is 2390. The summed E-state index contributed by atoms with van der Waals surface area (Å²) in [6.07, 6.45) is 0. The molecule has 0 spiro atoms. The van der Waals surface area contributed by atoms with Crippen LogP contribution in [0.4, 0.5) is 0 Å². The van der Waals surface area contributed by atoms with Crippen LogP contribution in [-0.2, 0) is 0 Å². The van der Waals surface area contributed by atoms with Crippen LogP contribution in [0.15, 0.2) is 158 Å². The van der Waals surface area contributed by atoms with Crippen LogP contribution in [0.5, 0.6) is 0 Å². The van der Waals surface area contributed by atoms with Gasteiger partial charge in [-0.25, -0.2) is 15.0 Å². The molecule has 4 nitrogen and oxygen atoms in total. The third-order valence-electron chi connectivity index (χ3n) is 8.59. The van der Waals surface area contributed by atoms with E-state index in [1.807, 2.05) is 60.7 Å². The maximum absolute atomic E-state index is 4.91. The lowest BCUT2D eigenvalue weighted by atomic mass is 9.97. The summed E-state index contributed by atoms with van der Waals surface area (Å²) >= 11 is 0. The molecule has 0 amide bonds. The van der Waals surface area contributed by atoms with Gasteiger partial charge in [-0.05, 0) is 52.2 Å². The Morgan fingerprint density at radius 2 is 0.844 bits per heavy atom. The van der Waals surface area contributed by atoms with Gasteiger partial charge in [0, 0.05) is 33.2 Å². The standard InChI is InChI=1S/C41H26N4/c1-4-11-29(12-5-1)39-42-40(30-13-6-2-7-14-30)44-41(43-39)31-22-19-27(20-23-31)33-25-32-24-21-28-15-10-18-35-37(28)38(32)36(26-33)45(35)34-16-8-3-9-17-34/h1-26H. The molecule has 0 radical (unpaired) electrons. The molecule has 7 aromatic carbocycles. The van der Waals surface area contributed by atoms with E-state index in [1.165, 1.54) is 38.1 Å². The van der Waals surface area contributed by atoms with Crippen LogP contribution in [0.2, 0.25) is 0 Å². The molecule has 0 saturated heterocycles. The lowest BCUT2D eigenvalue weighted by Gasteiger charge is -2.11. The Kier molecular flexibility index (Phi) is 5.78. The number of hydrogen-bond acceptors (Lipinski definition) is 3. The first kappa shape index (κ1) is 25.4. The Labute approximate surface area is 260 Å². The summed E-state index contributed by atoms with van der Waals surface area (Å²) in [5, 5.41) is 5.12. The topological polar surface area (TPSA) is 43.6 Å². The Balaban J connectivity index is 1.18. The number of para-hydroxylation sites is 1. The van der Waals surface area contributed by atoms with Crippen LogP contribution >= 0.6 is 0 Å². The van der Waals surface area contributed by atoms with Gasteiger partial charge in [0.1, 0.15) is 0 Å². The van der Waals surface area contributed by atoms with Crippen LogP contribution in [-0.4, -0.2) is 19.5 Å². The van der Waals surface area contributed by atoms with Crippen LogP contribution in [0, 0.1) is 0 Å². The predicted molar refractivity (Wildman–Crippen MR) is 185 cm³/mol. The second-order valence-electron chi connectivity index (χ2n) is 11.3. The van der Waals surface area contributed by atoms with Crippen molar-refractivity contribution in [2.45, 2.75) is 0 Å². The molecule has 2 heterocycles. The van der Waals surface area contributed by atoms with Gasteiger partial charge in [0.25, 0.3) is 0 Å². The van der Waals surface area contributed by atoms with Gasteiger partial charge in [-0.3, -0.25) is 0 Å². The highest BCUT2D eigenvalue weighted by atomic mass is 15.0. The molecule has 9 rings (SSSR count). The summed E-state index contributed by atoms with van der Waals surface area (Å²) in [5.41, 5.74) is 8.77. The molecule has 0 unspecified atom stereocenters. The summed E-state index contributed by atoms with van der Waals surface area (Å²) in [5.74, 6) is 1.97. The molecule has 9 aromatic rings. The molecule has 0 N–H and O–H groups in total. The second kappa shape index (κ2) is 10.2. The van der Waals surface area contributed by atoms with E-state index < -0.39 is 0 Å². The molecule has 0 saturated carbocycles. The predicted octanol–water partition coefficient (Wildman–Crippen LogP) is 10.2. The van der Waals surface area contributed by atoms with Gasteiger partial charge >= 0.3 is 0 Å². The summed E-state index contributed by atoms with van der Waals surface area (Å²) in [4.78, 5) is 14.7. The van der Waals surface area contributed by atoms with Gasteiger partial charge in [-0.15, -0.1) is 0 Å². The number of aromatic nitrogens is 4. The van der Waals surface area contributed by atoms with Crippen LogP contribution in [0.1, 0.15) is 0 Å². The van der Waals surface area contributed by atoms with E-state index in [0.717, 1.165) is 27.9 Å². The lowest BCUT2D eigenvalue weighted by molar-refractivity contribution is 1.07. The average Bonchev–Trinajstić information content (AvgIpc) is 3.47. The average molecular weight is 575 g/mol. The van der Waals surface area contributed by atoms with Crippen LogP contribution in [0.3, 0.4) is 0 Å². The summed E-state index contributed by atoms with van der Waals surface area (Å²) in [7, 11) is 0. The largest absolute Gasteiger partial charge is 0.309 e. The Hall–Kier alpha value is -6.13. The van der Waals surface area contributed by atoms with Crippen molar-refractivity contribution in [2.75, 3.05) is 0 Å². The van der Waals surface area contributed by atoms with Crippen molar-refractivity contribution in [1.29, 1.82) is 0 Å². The van der Waals surface area contributed by atoms with Gasteiger partial charge in [0.15, 0.2) is 17.5 Å². The molecule has 0 aliphatic heterocycles. The van der Waals surface area contributed by atoms with Crippen molar-refractivity contribution in [2.24, 2.45) is 0 Å². The monoisotopic (exact) mass is 574 g/mol. The van der Waals surface area contributed by atoms with E-state index in [4.69, 9.17) is 15.0 Å². The summed E-state index contributed by atoms with van der Waals surface area (Å²) < 4.78 is 2.39. The maximum Gasteiger partial charge on any atom is 0.164 e.